The molecule has 198 valence electrons. The second kappa shape index (κ2) is 8.57. The maximum Gasteiger partial charge on any atom is 0.343 e. The summed E-state index contributed by atoms with van der Waals surface area (Å²) in [6, 6.07) is 13.4. The molecule has 2 aromatic carbocycles. The number of rotatable bonds is 5. The normalized spacial score (nSPS) is 18.5. The Morgan fingerprint density at radius 2 is 1.79 bits per heavy atom. The third-order valence-electron chi connectivity index (χ3n) is 7.80. The minimum Gasteiger partial charge on any atom is -0.494 e. The zero-order valence-electron chi connectivity index (χ0n) is 21.6. The molecule has 0 aliphatic carbocycles. The average Bonchev–Trinajstić information content (AvgIpc) is 3.56. The summed E-state index contributed by atoms with van der Waals surface area (Å²) in [5, 5.41) is 12.1. The molecule has 4 aromatic rings. The van der Waals surface area contributed by atoms with E-state index in [2.05, 4.69) is 6.92 Å². The summed E-state index contributed by atoms with van der Waals surface area (Å²) in [5.41, 5.74) is 3.00. The lowest BCUT2D eigenvalue weighted by molar-refractivity contribution is -0.172. The average molecular weight is 527 g/mol. The molecule has 0 amide bonds. The van der Waals surface area contributed by atoms with Gasteiger partial charge >= 0.3 is 5.97 Å². The van der Waals surface area contributed by atoms with Crippen molar-refractivity contribution in [3.8, 4) is 39.8 Å². The van der Waals surface area contributed by atoms with Crippen molar-refractivity contribution in [3.63, 3.8) is 0 Å². The molecule has 0 bridgehead atoms. The number of benzene rings is 2. The second-order valence-corrected chi connectivity index (χ2v) is 10.0. The lowest BCUT2D eigenvalue weighted by Gasteiger charge is -2.31. The Balaban J connectivity index is 1.48. The van der Waals surface area contributed by atoms with Crippen molar-refractivity contribution in [2.75, 3.05) is 13.4 Å². The summed E-state index contributed by atoms with van der Waals surface area (Å²) in [4.78, 5) is 31.2. The monoisotopic (exact) mass is 526 g/mol. The Morgan fingerprint density at radius 1 is 1.03 bits per heavy atom. The van der Waals surface area contributed by atoms with Gasteiger partial charge in [0.25, 0.3) is 5.56 Å². The number of aliphatic hydroxyl groups is 1. The van der Waals surface area contributed by atoms with Gasteiger partial charge in [0.2, 0.25) is 6.79 Å². The highest BCUT2D eigenvalue weighted by Crippen LogP contribution is 2.46. The van der Waals surface area contributed by atoms with E-state index in [1.807, 2.05) is 36.4 Å². The first-order valence-electron chi connectivity index (χ1n) is 13.1. The zero-order valence-corrected chi connectivity index (χ0v) is 21.6. The molecule has 0 fully saturated rings. The van der Waals surface area contributed by atoms with Crippen LogP contribution >= 0.6 is 0 Å². The molecule has 0 saturated carbocycles. The van der Waals surface area contributed by atoms with E-state index >= 15 is 0 Å². The van der Waals surface area contributed by atoms with Gasteiger partial charge in [-0.05, 0) is 48.2 Å². The second-order valence-electron chi connectivity index (χ2n) is 10.0. The Bertz CT molecular complexity index is 1740. The lowest BCUT2D eigenvalue weighted by Crippen LogP contribution is -2.44. The van der Waals surface area contributed by atoms with Gasteiger partial charge in [-0.25, -0.2) is 9.78 Å². The number of aromatic nitrogens is 2. The predicted molar refractivity (Wildman–Crippen MR) is 142 cm³/mol. The number of ether oxygens (including phenoxy) is 4. The zero-order chi connectivity index (χ0) is 26.9. The molecule has 9 heteroatoms. The largest absolute Gasteiger partial charge is 0.494 e. The van der Waals surface area contributed by atoms with E-state index in [4.69, 9.17) is 23.9 Å². The van der Waals surface area contributed by atoms with Crippen molar-refractivity contribution in [3.05, 3.63) is 69.5 Å². The van der Waals surface area contributed by atoms with E-state index in [1.54, 1.807) is 17.6 Å². The minimum atomic E-state index is -1.88. The fourth-order valence-electron chi connectivity index (χ4n) is 5.74. The first kappa shape index (κ1) is 23.7. The highest BCUT2D eigenvalue weighted by Gasteiger charge is 2.45. The van der Waals surface area contributed by atoms with Crippen molar-refractivity contribution in [2.24, 2.45) is 0 Å². The summed E-state index contributed by atoms with van der Waals surface area (Å²) in [6.07, 6.45) is 0.999. The summed E-state index contributed by atoms with van der Waals surface area (Å²) in [7, 11) is 0. The molecular weight excluding hydrogens is 500 g/mol. The van der Waals surface area contributed by atoms with Crippen LogP contribution in [0.2, 0.25) is 0 Å². The Kier molecular flexibility index (Phi) is 5.21. The summed E-state index contributed by atoms with van der Waals surface area (Å²) >= 11 is 0. The maximum atomic E-state index is 13.7. The van der Waals surface area contributed by atoms with E-state index in [-0.39, 0.29) is 37.5 Å². The van der Waals surface area contributed by atoms with Crippen molar-refractivity contribution in [1.82, 2.24) is 9.55 Å². The van der Waals surface area contributed by atoms with E-state index in [1.165, 1.54) is 0 Å². The number of carbonyl (C=O) groups is 1. The molecule has 0 unspecified atom stereocenters. The molecular formula is C30H26N2O7. The van der Waals surface area contributed by atoms with E-state index in [9.17, 15) is 14.7 Å². The molecule has 0 spiro atoms. The molecule has 39 heavy (non-hydrogen) atoms. The summed E-state index contributed by atoms with van der Waals surface area (Å²) < 4.78 is 23.9. The van der Waals surface area contributed by atoms with Crippen LogP contribution < -0.4 is 19.8 Å². The highest BCUT2D eigenvalue weighted by atomic mass is 16.7. The molecule has 2 aromatic heterocycles. The van der Waals surface area contributed by atoms with Gasteiger partial charge in [0.1, 0.15) is 12.4 Å². The van der Waals surface area contributed by atoms with Gasteiger partial charge in [-0.15, -0.1) is 0 Å². The molecule has 9 nitrogen and oxygen atoms in total. The van der Waals surface area contributed by atoms with E-state index in [0.29, 0.717) is 40.6 Å². The number of carbonyl (C=O) groups excluding carboxylic acids is 1. The van der Waals surface area contributed by atoms with Crippen LogP contribution in [0.25, 0.3) is 33.4 Å². The Morgan fingerprint density at radius 3 is 2.54 bits per heavy atom. The Hall–Kier alpha value is -4.37. The molecule has 3 aliphatic heterocycles. The van der Waals surface area contributed by atoms with Gasteiger partial charge in [0.05, 0.1) is 35.6 Å². The third kappa shape index (κ3) is 3.39. The number of esters is 1. The van der Waals surface area contributed by atoms with Crippen molar-refractivity contribution in [2.45, 2.75) is 45.4 Å². The standard InChI is InChI=1S/C30H26N2O7/c1-3-9-36-17-7-5-16(6-8-17)26-18-10-24-25(39-15-38-24)12-22(18)31-27-19(26)13-32-23(27)11-21-20(28(32)33)14-37-29(34)30(21,35)4-2/h5-8,10-12,35H,3-4,9,13-15H2,1-2H3/t30-/m0/s1. The smallest absolute Gasteiger partial charge is 0.343 e. The number of pyridine rings is 2. The molecule has 5 heterocycles. The lowest BCUT2D eigenvalue weighted by atomic mass is 9.86. The minimum absolute atomic E-state index is 0.0842. The van der Waals surface area contributed by atoms with Gasteiger partial charge in [0.15, 0.2) is 17.1 Å². The molecule has 1 atom stereocenters. The van der Waals surface area contributed by atoms with Crippen LogP contribution in [0.1, 0.15) is 43.4 Å². The first-order valence-corrected chi connectivity index (χ1v) is 13.1. The topological polar surface area (TPSA) is 109 Å². The number of hydrogen-bond acceptors (Lipinski definition) is 8. The molecule has 0 saturated heterocycles. The third-order valence-corrected chi connectivity index (χ3v) is 7.80. The van der Waals surface area contributed by atoms with Crippen LogP contribution in [0.4, 0.5) is 0 Å². The number of nitrogens with zero attached hydrogens (tertiary/aromatic N) is 2. The van der Waals surface area contributed by atoms with Gasteiger partial charge in [-0.1, -0.05) is 26.0 Å². The van der Waals surface area contributed by atoms with Crippen LogP contribution in [0.3, 0.4) is 0 Å². The first-order chi connectivity index (χ1) is 18.9. The number of fused-ring (bicyclic) bond motifs is 6. The van der Waals surface area contributed by atoms with Gasteiger partial charge in [0, 0.05) is 22.6 Å². The maximum absolute atomic E-state index is 13.7. The van der Waals surface area contributed by atoms with Crippen molar-refractivity contribution >= 4 is 16.9 Å². The van der Waals surface area contributed by atoms with E-state index < -0.39 is 11.6 Å². The summed E-state index contributed by atoms with van der Waals surface area (Å²) in [5.74, 6) is 1.28. The van der Waals surface area contributed by atoms with Gasteiger partial charge in [-0.3, -0.25) is 4.79 Å². The van der Waals surface area contributed by atoms with Crippen molar-refractivity contribution in [1.29, 1.82) is 0 Å². The molecule has 3 aliphatic rings. The SMILES string of the molecule is CCCOc1ccc(-c2c3c(nc4cc5c(cc24)OCO5)-c2cc4c(c(=O)n2C3)COC(=O)[C@]4(O)CC)cc1. The van der Waals surface area contributed by atoms with Crippen LogP contribution in [0.15, 0.2) is 47.3 Å². The van der Waals surface area contributed by atoms with Crippen LogP contribution in [0, 0.1) is 0 Å². The summed E-state index contributed by atoms with van der Waals surface area (Å²) in [6.45, 7) is 4.64. The van der Waals surface area contributed by atoms with Crippen LogP contribution in [0.5, 0.6) is 17.2 Å². The molecule has 7 rings (SSSR count). The van der Waals surface area contributed by atoms with Gasteiger partial charge < -0.3 is 28.6 Å². The number of cyclic esters (lactones) is 1. The highest BCUT2D eigenvalue weighted by molar-refractivity contribution is 6.01. The fraction of sp³-hybridized carbons (Fsp3) is 0.300. The predicted octanol–water partition coefficient (Wildman–Crippen LogP) is 4.26. The van der Waals surface area contributed by atoms with E-state index in [0.717, 1.165) is 34.2 Å². The molecule has 1 N–H and O–H groups in total. The fourth-order valence-corrected chi connectivity index (χ4v) is 5.74. The quantitative estimate of drug-likeness (QED) is 0.339. The molecule has 0 radical (unpaired) electrons. The van der Waals surface area contributed by atoms with Crippen molar-refractivity contribution < 1.29 is 28.8 Å². The van der Waals surface area contributed by atoms with Crippen LogP contribution in [-0.4, -0.2) is 34.0 Å². The Labute approximate surface area is 223 Å². The number of hydrogen-bond donors (Lipinski definition) is 1. The van der Waals surface area contributed by atoms with Gasteiger partial charge in [-0.2, -0.15) is 0 Å². The van der Waals surface area contributed by atoms with Crippen LogP contribution in [-0.2, 0) is 28.3 Å².